The number of aromatic nitrogens is 2. The summed E-state index contributed by atoms with van der Waals surface area (Å²) in [7, 11) is 1.38. The minimum absolute atomic E-state index is 0.119. The monoisotopic (exact) mass is 476 g/mol. The Bertz CT molecular complexity index is 1080. The van der Waals surface area contributed by atoms with Crippen molar-refractivity contribution in [3.8, 4) is 11.5 Å². The normalized spacial score (nSPS) is 18.4. The van der Waals surface area contributed by atoms with Crippen LogP contribution in [0.4, 0.5) is 11.6 Å². The Morgan fingerprint density at radius 1 is 0.818 bits per heavy atom. The molecule has 0 N–H and O–H groups in total. The standard InChI is InChI=1S/C22H32N6O4S/c1-17-23-21(26-9-7-25(2)8-10-26)16-22(24-17)27-11-13-28(14-12-27)33(29,30)20-15-18(31-3)5-6-19(20)32-4/h5-6,15-16H,7-14H2,1-4H3. The topological polar surface area (TPSA) is 91.3 Å². The molecule has 10 nitrogen and oxygen atoms in total. The van der Waals surface area contributed by atoms with Crippen molar-refractivity contribution in [3.05, 3.63) is 30.1 Å². The summed E-state index contributed by atoms with van der Waals surface area (Å²) in [6, 6.07) is 6.83. The highest BCUT2D eigenvalue weighted by Gasteiger charge is 2.32. The molecule has 180 valence electrons. The number of aryl methyl sites for hydroxylation is 1. The molecule has 0 amide bonds. The molecule has 0 radical (unpaired) electrons. The first-order valence-electron chi connectivity index (χ1n) is 11.1. The molecule has 2 saturated heterocycles. The molecule has 0 saturated carbocycles. The molecule has 33 heavy (non-hydrogen) atoms. The van der Waals surface area contributed by atoms with Crippen molar-refractivity contribution in [2.45, 2.75) is 11.8 Å². The second kappa shape index (κ2) is 9.70. The maximum absolute atomic E-state index is 13.4. The predicted molar refractivity (Wildman–Crippen MR) is 127 cm³/mol. The highest BCUT2D eigenvalue weighted by molar-refractivity contribution is 7.89. The maximum atomic E-state index is 13.4. The third-order valence-corrected chi connectivity index (χ3v) is 8.11. The molecule has 0 bridgehead atoms. The number of sulfonamides is 1. The highest BCUT2D eigenvalue weighted by Crippen LogP contribution is 2.31. The number of piperazine rings is 2. The fourth-order valence-electron chi connectivity index (χ4n) is 4.18. The first kappa shape index (κ1) is 23.5. The minimum Gasteiger partial charge on any atom is -0.497 e. The van der Waals surface area contributed by atoms with Crippen molar-refractivity contribution in [3.63, 3.8) is 0 Å². The van der Waals surface area contributed by atoms with Crippen LogP contribution in [0, 0.1) is 6.92 Å². The summed E-state index contributed by atoms with van der Waals surface area (Å²) in [6.07, 6.45) is 0. The SMILES string of the molecule is COc1ccc(OC)c(S(=O)(=O)N2CCN(c3cc(N4CCN(C)CC4)nc(C)n3)CC2)c1. The fraction of sp³-hybridized carbons (Fsp3) is 0.545. The molecule has 3 heterocycles. The molecule has 2 fully saturated rings. The Labute approximate surface area is 195 Å². The van der Waals surface area contributed by atoms with Gasteiger partial charge in [0, 0.05) is 64.5 Å². The van der Waals surface area contributed by atoms with Crippen LogP contribution in [0.3, 0.4) is 0 Å². The molecule has 1 aromatic carbocycles. The van der Waals surface area contributed by atoms with Crippen molar-refractivity contribution in [2.75, 3.05) is 83.4 Å². The van der Waals surface area contributed by atoms with Gasteiger partial charge in [-0.2, -0.15) is 4.31 Å². The van der Waals surface area contributed by atoms with Gasteiger partial charge in [-0.3, -0.25) is 0 Å². The zero-order chi connectivity index (χ0) is 23.6. The number of hydrogen-bond donors (Lipinski definition) is 0. The van der Waals surface area contributed by atoms with Crippen LogP contribution in [0.5, 0.6) is 11.5 Å². The number of benzene rings is 1. The number of anilines is 2. The molecular weight excluding hydrogens is 444 g/mol. The number of nitrogens with zero attached hydrogens (tertiary/aromatic N) is 6. The third-order valence-electron chi connectivity index (χ3n) is 6.19. The van der Waals surface area contributed by atoms with E-state index in [1.165, 1.54) is 24.6 Å². The Balaban J connectivity index is 1.49. The summed E-state index contributed by atoms with van der Waals surface area (Å²) in [5, 5.41) is 0. The quantitative estimate of drug-likeness (QED) is 0.607. The van der Waals surface area contributed by atoms with E-state index in [1.54, 1.807) is 12.1 Å². The number of ether oxygens (including phenoxy) is 2. The molecular formula is C22H32N6O4S. The lowest BCUT2D eigenvalue weighted by atomic mass is 10.3. The first-order chi connectivity index (χ1) is 15.8. The van der Waals surface area contributed by atoms with Crippen LogP contribution in [0.25, 0.3) is 0 Å². The number of methoxy groups -OCH3 is 2. The molecule has 0 spiro atoms. The second-order valence-corrected chi connectivity index (χ2v) is 10.2. The van der Waals surface area contributed by atoms with E-state index in [4.69, 9.17) is 9.47 Å². The average Bonchev–Trinajstić information content (AvgIpc) is 2.83. The number of hydrogen-bond acceptors (Lipinski definition) is 9. The van der Waals surface area contributed by atoms with Gasteiger partial charge in [0.1, 0.15) is 33.9 Å². The van der Waals surface area contributed by atoms with E-state index >= 15 is 0 Å². The van der Waals surface area contributed by atoms with Gasteiger partial charge in [0.25, 0.3) is 0 Å². The van der Waals surface area contributed by atoms with Crippen molar-refractivity contribution >= 4 is 21.7 Å². The number of likely N-dealkylation sites (N-methyl/N-ethyl adjacent to an activating group) is 1. The zero-order valence-electron chi connectivity index (χ0n) is 19.7. The lowest BCUT2D eigenvalue weighted by Gasteiger charge is -2.36. The summed E-state index contributed by atoms with van der Waals surface area (Å²) in [5.74, 6) is 3.27. The molecule has 4 rings (SSSR count). The average molecular weight is 477 g/mol. The lowest BCUT2D eigenvalue weighted by Crippen LogP contribution is -2.49. The first-order valence-corrected chi connectivity index (χ1v) is 12.5. The summed E-state index contributed by atoms with van der Waals surface area (Å²) in [5.41, 5.74) is 0. The summed E-state index contributed by atoms with van der Waals surface area (Å²) in [6.45, 7) is 7.57. The molecule has 2 aromatic rings. The van der Waals surface area contributed by atoms with E-state index in [1.807, 2.05) is 13.0 Å². The Kier molecular flexibility index (Phi) is 6.91. The van der Waals surface area contributed by atoms with Crippen molar-refractivity contribution in [1.29, 1.82) is 0 Å². The molecule has 0 atom stereocenters. The van der Waals surface area contributed by atoms with Crippen molar-refractivity contribution in [2.24, 2.45) is 0 Å². The third kappa shape index (κ3) is 4.99. The van der Waals surface area contributed by atoms with Crippen LogP contribution in [0.1, 0.15) is 5.82 Å². The van der Waals surface area contributed by atoms with E-state index in [9.17, 15) is 8.42 Å². The summed E-state index contributed by atoms with van der Waals surface area (Å²) in [4.78, 5) is 16.1. The van der Waals surface area contributed by atoms with Gasteiger partial charge in [0.2, 0.25) is 10.0 Å². The number of rotatable bonds is 6. The maximum Gasteiger partial charge on any atom is 0.247 e. The van der Waals surface area contributed by atoms with Crippen LogP contribution >= 0.6 is 0 Å². The Morgan fingerprint density at radius 3 is 1.94 bits per heavy atom. The predicted octanol–water partition coefficient (Wildman–Crippen LogP) is 1.06. The molecule has 1 aromatic heterocycles. The van der Waals surface area contributed by atoms with Crippen LogP contribution < -0.4 is 19.3 Å². The van der Waals surface area contributed by atoms with E-state index < -0.39 is 10.0 Å². The van der Waals surface area contributed by atoms with Gasteiger partial charge in [0.05, 0.1) is 14.2 Å². The van der Waals surface area contributed by atoms with Crippen molar-refractivity contribution < 1.29 is 17.9 Å². The van der Waals surface area contributed by atoms with Gasteiger partial charge in [-0.25, -0.2) is 18.4 Å². The van der Waals surface area contributed by atoms with Gasteiger partial charge < -0.3 is 24.2 Å². The van der Waals surface area contributed by atoms with Gasteiger partial charge in [-0.1, -0.05) is 0 Å². The zero-order valence-corrected chi connectivity index (χ0v) is 20.5. The van der Waals surface area contributed by atoms with Gasteiger partial charge in [-0.05, 0) is 26.1 Å². The largest absolute Gasteiger partial charge is 0.497 e. The summed E-state index contributed by atoms with van der Waals surface area (Å²) < 4.78 is 38.7. The van der Waals surface area contributed by atoms with E-state index in [0.29, 0.717) is 37.7 Å². The van der Waals surface area contributed by atoms with Gasteiger partial charge >= 0.3 is 0 Å². The Hall–Kier alpha value is -2.63. The second-order valence-electron chi connectivity index (χ2n) is 8.33. The van der Waals surface area contributed by atoms with Crippen LogP contribution in [0.2, 0.25) is 0 Å². The smallest absolute Gasteiger partial charge is 0.247 e. The van der Waals surface area contributed by atoms with E-state index in [-0.39, 0.29) is 4.90 Å². The highest BCUT2D eigenvalue weighted by atomic mass is 32.2. The molecule has 0 unspecified atom stereocenters. The van der Waals surface area contributed by atoms with Crippen molar-refractivity contribution in [1.82, 2.24) is 19.2 Å². The molecule has 2 aliphatic heterocycles. The fourth-order valence-corrected chi connectivity index (χ4v) is 5.77. The van der Waals surface area contributed by atoms with Gasteiger partial charge in [-0.15, -0.1) is 0 Å². The van der Waals surface area contributed by atoms with E-state index in [2.05, 4.69) is 31.7 Å². The van der Waals surface area contributed by atoms with Gasteiger partial charge in [0.15, 0.2) is 0 Å². The lowest BCUT2D eigenvalue weighted by molar-refractivity contribution is 0.312. The molecule has 2 aliphatic rings. The minimum atomic E-state index is -3.73. The van der Waals surface area contributed by atoms with E-state index in [0.717, 1.165) is 43.6 Å². The summed E-state index contributed by atoms with van der Waals surface area (Å²) >= 11 is 0. The Morgan fingerprint density at radius 2 is 1.39 bits per heavy atom. The van der Waals surface area contributed by atoms with Crippen LogP contribution in [0.15, 0.2) is 29.2 Å². The van der Waals surface area contributed by atoms with Crippen LogP contribution in [-0.4, -0.2) is 101 Å². The van der Waals surface area contributed by atoms with Crippen LogP contribution in [-0.2, 0) is 10.0 Å². The molecule has 0 aliphatic carbocycles. The molecule has 11 heteroatoms.